The van der Waals surface area contributed by atoms with Crippen molar-refractivity contribution in [3.8, 4) is 0 Å². The van der Waals surface area contributed by atoms with Gasteiger partial charge in [-0.15, -0.1) is 0 Å². The Labute approximate surface area is 124 Å². The quantitative estimate of drug-likeness (QED) is 0.616. The average Bonchev–Trinajstić information content (AvgIpc) is 3.29. The summed E-state index contributed by atoms with van der Waals surface area (Å²) in [6.45, 7) is 3.08. The first kappa shape index (κ1) is 15.4. The zero-order chi connectivity index (χ0) is 15.4. The maximum absolute atomic E-state index is 12.1. The van der Waals surface area contributed by atoms with E-state index in [2.05, 4.69) is 5.32 Å². The molecule has 1 N–H and O–H groups in total. The first-order valence-electron chi connectivity index (χ1n) is 7.19. The van der Waals surface area contributed by atoms with Crippen LogP contribution in [0.15, 0.2) is 24.3 Å². The number of nitrogens with one attached hydrogen (secondary N) is 1. The fourth-order valence-corrected chi connectivity index (χ4v) is 2.17. The standard InChI is InChI=1S/C15H21N3O3/c1-11(13-4-3-5-14(8-13)18(20)21)17(2)15(19)10-16-9-12-6-7-12/h3-5,8,11-12,16H,6-7,9-10H2,1-2H3. The van der Waals surface area contributed by atoms with Crippen molar-refractivity contribution >= 4 is 11.6 Å². The Balaban J connectivity index is 1.93. The minimum Gasteiger partial charge on any atom is -0.338 e. The summed E-state index contributed by atoms with van der Waals surface area (Å²) >= 11 is 0. The van der Waals surface area contributed by atoms with Gasteiger partial charge in [0.1, 0.15) is 0 Å². The number of carbonyl (C=O) groups is 1. The highest BCUT2D eigenvalue weighted by Gasteiger charge is 2.22. The molecule has 0 aliphatic heterocycles. The molecule has 1 amide bonds. The van der Waals surface area contributed by atoms with E-state index >= 15 is 0 Å². The lowest BCUT2D eigenvalue weighted by Crippen LogP contribution is -2.37. The van der Waals surface area contributed by atoms with E-state index in [1.807, 2.05) is 6.92 Å². The van der Waals surface area contributed by atoms with Crippen LogP contribution in [0.2, 0.25) is 0 Å². The highest BCUT2D eigenvalue weighted by atomic mass is 16.6. The number of nitro benzene ring substituents is 1. The number of hydrogen-bond acceptors (Lipinski definition) is 4. The van der Waals surface area contributed by atoms with Gasteiger partial charge in [0, 0.05) is 19.2 Å². The van der Waals surface area contributed by atoms with Crippen molar-refractivity contribution in [3.05, 3.63) is 39.9 Å². The van der Waals surface area contributed by atoms with Gasteiger partial charge in [0.05, 0.1) is 17.5 Å². The van der Waals surface area contributed by atoms with Crippen molar-refractivity contribution in [1.29, 1.82) is 0 Å². The number of nitro groups is 1. The van der Waals surface area contributed by atoms with Crippen molar-refractivity contribution in [2.45, 2.75) is 25.8 Å². The van der Waals surface area contributed by atoms with Crippen molar-refractivity contribution in [3.63, 3.8) is 0 Å². The van der Waals surface area contributed by atoms with E-state index in [0.29, 0.717) is 6.54 Å². The van der Waals surface area contributed by atoms with Crippen LogP contribution < -0.4 is 5.32 Å². The van der Waals surface area contributed by atoms with Gasteiger partial charge >= 0.3 is 0 Å². The third kappa shape index (κ3) is 4.26. The molecule has 1 aromatic carbocycles. The number of nitrogens with zero attached hydrogens (tertiary/aromatic N) is 2. The summed E-state index contributed by atoms with van der Waals surface area (Å²) in [5, 5.41) is 14.0. The predicted molar refractivity (Wildman–Crippen MR) is 79.9 cm³/mol. The number of benzene rings is 1. The van der Waals surface area contributed by atoms with Crippen LogP contribution >= 0.6 is 0 Å². The number of non-ortho nitro benzene ring substituents is 1. The normalized spacial score (nSPS) is 15.5. The molecule has 1 fully saturated rings. The van der Waals surface area contributed by atoms with E-state index in [1.165, 1.54) is 25.0 Å². The molecule has 1 unspecified atom stereocenters. The van der Waals surface area contributed by atoms with E-state index in [-0.39, 0.29) is 17.6 Å². The summed E-state index contributed by atoms with van der Waals surface area (Å²) in [7, 11) is 1.73. The summed E-state index contributed by atoms with van der Waals surface area (Å²) in [5.74, 6) is 0.729. The first-order chi connectivity index (χ1) is 9.99. The van der Waals surface area contributed by atoms with E-state index < -0.39 is 4.92 Å². The molecule has 0 aromatic heterocycles. The van der Waals surface area contributed by atoms with E-state index in [9.17, 15) is 14.9 Å². The molecular weight excluding hydrogens is 270 g/mol. The Morgan fingerprint density at radius 2 is 2.24 bits per heavy atom. The Hall–Kier alpha value is -1.95. The zero-order valence-electron chi connectivity index (χ0n) is 12.4. The predicted octanol–water partition coefficient (Wildman–Crippen LogP) is 2.11. The molecule has 1 aromatic rings. The Bertz CT molecular complexity index is 529. The van der Waals surface area contributed by atoms with Gasteiger partial charge in [0.15, 0.2) is 0 Å². The molecule has 0 bridgehead atoms. The number of amides is 1. The van der Waals surface area contributed by atoms with Gasteiger partial charge in [0.25, 0.3) is 5.69 Å². The molecule has 0 spiro atoms. The highest BCUT2D eigenvalue weighted by molar-refractivity contribution is 5.78. The van der Waals surface area contributed by atoms with Crippen LogP contribution in [-0.4, -0.2) is 35.9 Å². The molecule has 6 heteroatoms. The smallest absolute Gasteiger partial charge is 0.269 e. The molecule has 1 saturated carbocycles. The molecule has 0 heterocycles. The molecule has 6 nitrogen and oxygen atoms in total. The third-order valence-corrected chi connectivity index (χ3v) is 3.94. The number of likely N-dealkylation sites (N-methyl/N-ethyl adjacent to an activating group) is 1. The van der Waals surface area contributed by atoms with Crippen molar-refractivity contribution < 1.29 is 9.72 Å². The molecular formula is C15H21N3O3. The monoisotopic (exact) mass is 291 g/mol. The van der Waals surface area contributed by atoms with Gasteiger partial charge < -0.3 is 10.2 Å². The first-order valence-corrected chi connectivity index (χ1v) is 7.19. The van der Waals surface area contributed by atoms with Crippen molar-refractivity contribution in [2.24, 2.45) is 5.92 Å². The maximum atomic E-state index is 12.1. The number of rotatable bonds is 7. The van der Waals surface area contributed by atoms with Crippen LogP contribution in [0.1, 0.15) is 31.4 Å². The summed E-state index contributed by atoms with van der Waals surface area (Å²) in [6, 6.07) is 6.23. The molecule has 1 atom stereocenters. The van der Waals surface area contributed by atoms with Gasteiger partial charge in [0.2, 0.25) is 5.91 Å². The van der Waals surface area contributed by atoms with E-state index in [0.717, 1.165) is 18.0 Å². The van der Waals surface area contributed by atoms with Gasteiger partial charge in [-0.05, 0) is 37.8 Å². The van der Waals surface area contributed by atoms with Gasteiger partial charge in [-0.3, -0.25) is 14.9 Å². The van der Waals surface area contributed by atoms with E-state index in [1.54, 1.807) is 24.1 Å². The van der Waals surface area contributed by atoms with Crippen molar-refractivity contribution in [1.82, 2.24) is 10.2 Å². The highest BCUT2D eigenvalue weighted by Crippen LogP contribution is 2.27. The molecule has 2 rings (SSSR count). The van der Waals surface area contributed by atoms with Crippen LogP contribution in [0.3, 0.4) is 0 Å². The molecule has 1 aliphatic rings. The molecule has 0 radical (unpaired) electrons. The zero-order valence-corrected chi connectivity index (χ0v) is 12.4. The second-order valence-corrected chi connectivity index (χ2v) is 5.61. The molecule has 0 saturated heterocycles. The van der Waals surface area contributed by atoms with Crippen LogP contribution in [-0.2, 0) is 4.79 Å². The molecule has 21 heavy (non-hydrogen) atoms. The summed E-state index contributed by atoms with van der Waals surface area (Å²) in [4.78, 5) is 24.1. The lowest BCUT2D eigenvalue weighted by atomic mass is 10.1. The van der Waals surface area contributed by atoms with E-state index in [4.69, 9.17) is 0 Å². The summed E-state index contributed by atoms with van der Waals surface area (Å²) < 4.78 is 0. The second-order valence-electron chi connectivity index (χ2n) is 5.61. The van der Waals surface area contributed by atoms with Gasteiger partial charge in [-0.2, -0.15) is 0 Å². The Kier molecular flexibility index (Phi) is 4.90. The SMILES string of the molecule is CC(c1cccc([N+](=O)[O-])c1)N(C)C(=O)CNCC1CC1. The lowest BCUT2D eigenvalue weighted by Gasteiger charge is -2.25. The van der Waals surface area contributed by atoms with Crippen LogP contribution in [0.25, 0.3) is 0 Å². The van der Waals surface area contributed by atoms with Crippen molar-refractivity contribution in [2.75, 3.05) is 20.1 Å². The Morgan fingerprint density at radius 1 is 1.52 bits per heavy atom. The molecule has 114 valence electrons. The fraction of sp³-hybridized carbons (Fsp3) is 0.533. The Morgan fingerprint density at radius 3 is 2.86 bits per heavy atom. The summed E-state index contributed by atoms with van der Waals surface area (Å²) in [6.07, 6.45) is 2.50. The number of hydrogen-bond donors (Lipinski definition) is 1. The largest absolute Gasteiger partial charge is 0.338 e. The van der Waals surface area contributed by atoms with Crippen LogP contribution in [0, 0.1) is 16.0 Å². The topological polar surface area (TPSA) is 75.5 Å². The van der Waals surface area contributed by atoms with Crippen LogP contribution in [0.5, 0.6) is 0 Å². The number of carbonyl (C=O) groups excluding carboxylic acids is 1. The fourth-order valence-electron chi connectivity index (χ4n) is 2.17. The third-order valence-electron chi connectivity index (χ3n) is 3.94. The average molecular weight is 291 g/mol. The van der Waals surface area contributed by atoms with Gasteiger partial charge in [-0.25, -0.2) is 0 Å². The summed E-state index contributed by atoms with van der Waals surface area (Å²) in [5.41, 5.74) is 0.814. The molecule has 1 aliphatic carbocycles. The minimum atomic E-state index is -0.421. The van der Waals surface area contributed by atoms with Crippen LogP contribution in [0.4, 0.5) is 5.69 Å². The minimum absolute atomic E-state index is 0.00495. The maximum Gasteiger partial charge on any atom is 0.269 e. The second kappa shape index (κ2) is 6.67. The lowest BCUT2D eigenvalue weighted by molar-refractivity contribution is -0.384. The van der Waals surface area contributed by atoms with Gasteiger partial charge in [-0.1, -0.05) is 12.1 Å².